The summed E-state index contributed by atoms with van der Waals surface area (Å²) in [4.78, 5) is 29.0. The van der Waals surface area contributed by atoms with E-state index in [1.165, 1.54) is 19.2 Å². The SMILES string of the molecule is CC(=O)CC1CCCCN1C(=O)c1cncc(F)c1. The molecule has 2 rings (SSSR count). The van der Waals surface area contributed by atoms with Crippen molar-refractivity contribution in [3.05, 3.63) is 29.8 Å². The molecule has 1 amide bonds. The molecule has 2 heterocycles. The first-order chi connectivity index (χ1) is 9.08. The van der Waals surface area contributed by atoms with E-state index in [1.54, 1.807) is 4.90 Å². The van der Waals surface area contributed by atoms with Crippen molar-refractivity contribution in [1.29, 1.82) is 0 Å². The van der Waals surface area contributed by atoms with Gasteiger partial charge in [-0.25, -0.2) is 4.39 Å². The molecule has 4 nitrogen and oxygen atoms in total. The van der Waals surface area contributed by atoms with Gasteiger partial charge in [0.1, 0.15) is 11.6 Å². The third-order valence-corrected chi connectivity index (χ3v) is 3.36. The number of rotatable bonds is 3. The molecular weight excluding hydrogens is 247 g/mol. The summed E-state index contributed by atoms with van der Waals surface area (Å²) in [5, 5.41) is 0. The quantitative estimate of drug-likeness (QED) is 0.841. The predicted octanol–water partition coefficient (Wildman–Crippen LogP) is 2.19. The molecule has 5 heteroatoms. The Morgan fingerprint density at radius 3 is 2.89 bits per heavy atom. The van der Waals surface area contributed by atoms with Gasteiger partial charge in [0.2, 0.25) is 0 Å². The molecule has 1 saturated heterocycles. The Labute approximate surface area is 111 Å². The molecule has 1 fully saturated rings. The number of piperidine rings is 1. The third kappa shape index (κ3) is 3.36. The predicted molar refractivity (Wildman–Crippen MR) is 68.2 cm³/mol. The van der Waals surface area contributed by atoms with Crippen LogP contribution >= 0.6 is 0 Å². The number of amides is 1. The van der Waals surface area contributed by atoms with Gasteiger partial charge >= 0.3 is 0 Å². The lowest BCUT2D eigenvalue weighted by Gasteiger charge is -2.35. The van der Waals surface area contributed by atoms with Gasteiger partial charge in [0.05, 0.1) is 11.8 Å². The van der Waals surface area contributed by atoms with E-state index in [1.807, 2.05) is 0 Å². The number of carbonyl (C=O) groups is 2. The van der Waals surface area contributed by atoms with Crippen LogP contribution in [0.15, 0.2) is 18.5 Å². The van der Waals surface area contributed by atoms with Crippen LogP contribution < -0.4 is 0 Å². The van der Waals surface area contributed by atoms with Gasteiger partial charge in [-0.2, -0.15) is 0 Å². The maximum absolute atomic E-state index is 13.1. The Kier molecular flexibility index (Phi) is 4.24. The molecule has 0 saturated carbocycles. The van der Waals surface area contributed by atoms with Crippen molar-refractivity contribution in [2.24, 2.45) is 0 Å². The van der Waals surface area contributed by atoms with E-state index in [4.69, 9.17) is 0 Å². The topological polar surface area (TPSA) is 50.3 Å². The van der Waals surface area contributed by atoms with E-state index >= 15 is 0 Å². The molecule has 1 unspecified atom stereocenters. The van der Waals surface area contributed by atoms with Gasteiger partial charge in [-0.1, -0.05) is 0 Å². The van der Waals surface area contributed by atoms with E-state index in [9.17, 15) is 14.0 Å². The molecule has 19 heavy (non-hydrogen) atoms. The molecule has 0 spiro atoms. The second-order valence-electron chi connectivity index (χ2n) is 4.95. The zero-order valence-corrected chi connectivity index (χ0v) is 10.9. The molecule has 0 aliphatic carbocycles. The first-order valence-electron chi connectivity index (χ1n) is 6.49. The van der Waals surface area contributed by atoms with Gasteiger partial charge in [-0.3, -0.25) is 14.6 Å². The van der Waals surface area contributed by atoms with E-state index in [2.05, 4.69) is 4.98 Å². The largest absolute Gasteiger partial charge is 0.335 e. The van der Waals surface area contributed by atoms with Crippen molar-refractivity contribution < 1.29 is 14.0 Å². The van der Waals surface area contributed by atoms with E-state index in [-0.39, 0.29) is 23.3 Å². The number of hydrogen-bond donors (Lipinski definition) is 0. The minimum atomic E-state index is -0.522. The number of pyridine rings is 1. The van der Waals surface area contributed by atoms with Crippen molar-refractivity contribution in [2.75, 3.05) is 6.54 Å². The van der Waals surface area contributed by atoms with Crippen LogP contribution in [0.25, 0.3) is 0 Å². The molecule has 1 aromatic rings. The average molecular weight is 264 g/mol. The van der Waals surface area contributed by atoms with Crippen LogP contribution in [0.4, 0.5) is 4.39 Å². The summed E-state index contributed by atoms with van der Waals surface area (Å²) in [6, 6.07) is 1.12. The number of hydrogen-bond acceptors (Lipinski definition) is 3. The zero-order valence-electron chi connectivity index (χ0n) is 10.9. The fourth-order valence-electron chi connectivity index (χ4n) is 2.51. The average Bonchev–Trinajstić information content (AvgIpc) is 2.38. The van der Waals surface area contributed by atoms with Crippen LogP contribution in [-0.2, 0) is 4.79 Å². The van der Waals surface area contributed by atoms with Crippen LogP contribution in [0.5, 0.6) is 0 Å². The van der Waals surface area contributed by atoms with E-state index in [0.717, 1.165) is 25.5 Å². The first-order valence-corrected chi connectivity index (χ1v) is 6.49. The van der Waals surface area contributed by atoms with Crippen molar-refractivity contribution in [2.45, 2.75) is 38.6 Å². The molecule has 1 atom stereocenters. The second-order valence-corrected chi connectivity index (χ2v) is 4.95. The molecular formula is C14H17FN2O2. The summed E-state index contributed by atoms with van der Waals surface area (Å²) in [5.74, 6) is -0.689. The van der Waals surface area contributed by atoms with Crippen molar-refractivity contribution in [1.82, 2.24) is 9.88 Å². The number of nitrogens with zero attached hydrogens (tertiary/aromatic N) is 2. The van der Waals surface area contributed by atoms with Gasteiger partial charge in [-0.05, 0) is 32.3 Å². The van der Waals surface area contributed by atoms with Gasteiger partial charge in [0, 0.05) is 25.2 Å². The lowest BCUT2D eigenvalue weighted by molar-refractivity contribution is -0.118. The Hall–Kier alpha value is -1.78. The molecule has 102 valence electrons. The minimum absolute atomic E-state index is 0.0676. The molecule has 1 aliphatic rings. The maximum Gasteiger partial charge on any atom is 0.255 e. The molecule has 0 aromatic carbocycles. The van der Waals surface area contributed by atoms with Crippen LogP contribution in [0.3, 0.4) is 0 Å². The van der Waals surface area contributed by atoms with Gasteiger partial charge in [0.25, 0.3) is 5.91 Å². The van der Waals surface area contributed by atoms with Crippen LogP contribution in [-0.4, -0.2) is 34.2 Å². The summed E-state index contributed by atoms with van der Waals surface area (Å²) >= 11 is 0. The Bertz CT molecular complexity index is 490. The standard InChI is InChI=1S/C14H17FN2O2/c1-10(18)6-13-4-2-3-5-17(13)14(19)11-7-12(15)9-16-8-11/h7-9,13H,2-6H2,1H3. The smallest absolute Gasteiger partial charge is 0.255 e. The minimum Gasteiger partial charge on any atom is -0.335 e. The van der Waals surface area contributed by atoms with E-state index < -0.39 is 5.82 Å². The van der Waals surface area contributed by atoms with Crippen molar-refractivity contribution >= 4 is 11.7 Å². The molecule has 0 radical (unpaired) electrons. The van der Waals surface area contributed by atoms with E-state index in [0.29, 0.717) is 13.0 Å². The van der Waals surface area contributed by atoms with Crippen LogP contribution in [0.1, 0.15) is 43.0 Å². The summed E-state index contributed by atoms with van der Waals surface area (Å²) in [7, 11) is 0. The summed E-state index contributed by atoms with van der Waals surface area (Å²) in [6.07, 6.45) is 5.57. The number of carbonyl (C=O) groups excluding carboxylic acids is 2. The van der Waals surface area contributed by atoms with Crippen molar-refractivity contribution in [3.8, 4) is 0 Å². The zero-order chi connectivity index (χ0) is 13.8. The second kappa shape index (κ2) is 5.91. The van der Waals surface area contributed by atoms with Crippen LogP contribution in [0, 0.1) is 5.82 Å². The number of halogens is 1. The fourth-order valence-corrected chi connectivity index (χ4v) is 2.51. The first kappa shape index (κ1) is 13.6. The van der Waals surface area contributed by atoms with Gasteiger partial charge < -0.3 is 4.90 Å². The third-order valence-electron chi connectivity index (χ3n) is 3.36. The Balaban J connectivity index is 2.17. The lowest BCUT2D eigenvalue weighted by atomic mass is 9.97. The lowest BCUT2D eigenvalue weighted by Crippen LogP contribution is -2.44. The van der Waals surface area contributed by atoms with Crippen LogP contribution in [0.2, 0.25) is 0 Å². The summed E-state index contributed by atoms with van der Waals surface area (Å²) in [5.41, 5.74) is 0.246. The Morgan fingerprint density at radius 1 is 1.42 bits per heavy atom. The Morgan fingerprint density at radius 2 is 2.21 bits per heavy atom. The molecule has 0 bridgehead atoms. The highest BCUT2D eigenvalue weighted by Gasteiger charge is 2.28. The van der Waals surface area contributed by atoms with Gasteiger partial charge in [-0.15, -0.1) is 0 Å². The number of ketones is 1. The fraction of sp³-hybridized carbons (Fsp3) is 0.500. The van der Waals surface area contributed by atoms with Gasteiger partial charge in [0.15, 0.2) is 0 Å². The number of likely N-dealkylation sites (tertiary alicyclic amines) is 1. The highest BCUT2D eigenvalue weighted by Crippen LogP contribution is 2.22. The molecule has 1 aliphatic heterocycles. The maximum atomic E-state index is 13.1. The number of Topliss-reactive ketones (excluding diaryl/α,β-unsaturated/α-hetero) is 1. The molecule has 0 N–H and O–H groups in total. The normalized spacial score (nSPS) is 19.3. The summed E-state index contributed by atoms with van der Waals surface area (Å²) < 4.78 is 13.1. The summed E-state index contributed by atoms with van der Waals surface area (Å²) in [6.45, 7) is 2.15. The monoisotopic (exact) mass is 264 g/mol. The highest BCUT2D eigenvalue weighted by atomic mass is 19.1. The molecule has 1 aromatic heterocycles. The highest BCUT2D eigenvalue weighted by molar-refractivity contribution is 5.94. The number of aromatic nitrogens is 1. The van der Waals surface area contributed by atoms with Crippen molar-refractivity contribution in [3.63, 3.8) is 0 Å².